The average molecular weight is 278 g/mol. The number of aromatic nitrogens is 2. The smallest absolute Gasteiger partial charge is 0.301 e. The summed E-state index contributed by atoms with van der Waals surface area (Å²) < 4.78 is 11.4. The summed E-state index contributed by atoms with van der Waals surface area (Å²) >= 11 is 0. The van der Waals surface area contributed by atoms with Gasteiger partial charge in [-0.3, -0.25) is 19.6 Å². The third kappa shape index (κ3) is 2.54. The Balaban J connectivity index is 2.43. The van der Waals surface area contributed by atoms with E-state index in [9.17, 15) is 9.59 Å². The molecule has 0 bridgehead atoms. The highest BCUT2D eigenvalue weighted by atomic mass is 16.5. The Bertz CT molecular complexity index is 689. The molecule has 20 heavy (non-hydrogen) atoms. The molecule has 1 amide bonds. The summed E-state index contributed by atoms with van der Waals surface area (Å²) in [5.41, 5.74) is 2.75. The van der Waals surface area contributed by atoms with Crippen molar-refractivity contribution in [2.75, 3.05) is 7.11 Å². The Morgan fingerprint density at radius 3 is 3.00 bits per heavy atom. The topological polar surface area (TPSA) is 112 Å². The quantitative estimate of drug-likeness (QED) is 0.455. The van der Waals surface area contributed by atoms with Crippen molar-refractivity contribution in [3.05, 3.63) is 45.8 Å². The zero-order valence-corrected chi connectivity index (χ0v) is 11.0. The van der Waals surface area contributed by atoms with Gasteiger partial charge in [-0.15, -0.1) is 0 Å². The number of amides is 1. The highest BCUT2D eigenvalue weighted by Gasteiger charge is 2.17. The van der Waals surface area contributed by atoms with Crippen molar-refractivity contribution in [1.29, 1.82) is 0 Å². The lowest BCUT2D eigenvalue weighted by molar-refractivity contribution is 0.0924. The fourth-order valence-corrected chi connectivity index (χ4v) is 1.79. The average Bonchev–Trinajstić information content (AvgIpc) is 2.88. The van der Waals surface area contributed by atoms with Crippen LogP contribution in [0.5, 0.6) is 6.01 Å². The number of carbonyl (C=O) groups is 1. The van der Waals surface area contributed by atoms with E-state index in [-0.39, 0.29) is 23.9 Å². The highest BCUT2D eigenvalue weighted by molar-refractivity contribution is 5.92. The van der Waals surface area contributed by atoms with Crippen LogP contribution in [0.3, 0.4) is 0 Å². The van der Waals surface area contributed by atoms with Crippen molar-refractivity contribution in [2.45, 2.75) is 13.5 Å². The molecule has 8 nitrogen and oxygen atoms in total. The van der Waals surface area contributed by atoms with Crippen molar-refractivity contribution in [1.82, 2.24) is 15.0 Å². The SMILES string of the molecule is COc1nc(C)cc(=O)n1Cc1ccoc1C(=O)NN. The number of hydrazine groups is 1. The first kappa shape index (κ1) is 13.8. The Hall–Kier alpha value is -2.61. The molecule has 0 radical (unpaired) electrons. The molecule has 0 spiro atoms. The molecule has 2 aromatic heterocycles. The van der Waals surface area contributed by atoms with Crippen LogP contribution in [-0.4, -0.2) is 22.6 Å². The molecule has 0 fully saturated rings. The first-order valence-corrected chi connectivity index (χ1v) is 5.76. The maximum Gasteiger partial charge on any atom is 0.301 e. The Kier molecular flexibility index (Phi) is 3.85. The first-order valence-electron chi connectivity index (χ1n) is 5.76. The number of aryl methyl sites for hydroxylation is 1. The van der Waals surface area contributed by atoms with Gasteiger partial charge in [-0.1, -0.05) is 0 Å². The molecule has 0 atom stereocenters. The number of nitrogens with zero attached hydrogens (tertiary/aromatic N) is 2. The van der Waals surface area contributed by atoms with Gasteiger partial charge >= 0.3 is 5.91 Å². The monoisotopic (exact) mass is 278 g/mol. The number of nitrogens with one attached hydrogen (secondary N) is 1. The second-order valence-corrected chi connectivity index (χ2v) is 4.06. The van der Waals surface area contributed by atoms with E-state index in [1.54, 1.807) is 13.0 Å². The summed E-state index contributed by atoms with van der Waals surface area (Å²) in [4.78, 5) is 27.6. The van der Waals surface area contributed by atoms with Crippen LogP contribution in [0.1, 0.15) is 21.8 Å². The third-order valence-corrected chi connectivity index (χ3v) is 2.70. The van der Waals surface area contributed by atoms with E-state index in [1.807, 2.05) is 5.43 Å². The summed E-state index contributed by atoms with van der Waals surface area (Å²) in [5.74, 6) is 4.54. The Labute approximate surface area is 114 Å². The molecule has 0 saturated carbocycles. The number of nitrogen functional groups attached to an aromatic ring is 1. The number of furan rings is 1. The third-order valence-electron chi connectivity index (χ3n) is 2.70. The van der Waals surface area contributed by atoms with E-state index in [2.05, 4.69) is 4.98 Å². The number of hydrogen-bond donors (Lipinski definition) is 2. The zero-order chi connectivity index (χ0) is 14.7. The molecule has 0 aliphatic rings. The minimum Gasteiger partial charge on any atom is -0.468 e. The van der Waals surface area contributed by atoms with E-state index >= 15 is 0 Å². The summed E-state index contributed by atoms with van der Waals surface area (Å²) in [7, 11) is 1.42. The second kappa shape index (κ2) is 5.57. The van der Waals surface area contributed by atoms with Crippen LogP contribution in [0.4, 0.5) is 0 Å². The second-order valence-electron chi connectivity index (χ2n) is 4.06. The summed E-state index contributed by atoms with van der Waals surface area (Å²) in [6.07, 6.45) is 1.35. The van der Waals surface area contributed by atoms with Crippen LogP contribution < -0.4 is 21.6 Å². The van der Waals surface area contributed by atoms with Gasteiger partial charge < -0.3 is 9.15 Å². The Morgan fingerprint density at radius 2 is 2.35 bits per heavy atom. The lowest BCUT2D eigenvalue weighted by Crippen LogP contribution is -2.31. The molecule has 0 saturated heterocycles. The van der Waals surface area contributed by atoms with Gasteiger partial charge in [-0.2, -0.15) is 0 Å². The molecular weight excluding hydrogens is 264 g/mol. The van der Waals surface area contributed by atoms with Gasteiger partial charge in [0.25, 0.3) is 11.6 Å². The zero-order valence-electron chi connectivity index (χ0n) is 11.0. The standard InChI is InChI=1S/C12H14N4O4/c1-7-5-9(17)16(12(14-7)19-2)6-8-3-4-20-10(8)11(18)15-13/h3-5H,6,13H2,1-2H3,(H,15,18). The fraction of sp³-hybridized carbons (Fsp3) is 0.250. The molecule has 3 N–H and O–H groups in total. The van der Waals surface area contributed by atoms with Gasteiger partial charge in [-0.25, -0.2) is 10.8 Å². The van der Waals surface area contributed by atoms with Gasteiger partial charge in [0.2, 0.25) is 0 Å². The lowest BCUT2D eigenvalue weighted by Gasteiger charge is -2.10. The van der Waals surface area contributed by atoms with Crippen molar-refractivity contribution < 1.29 is 13.9 Å². The molecular formula is C12H14N4O4. The fourth-order valence-electron chi connectivity index (χ4n) is 1.79. The maximum atomic E-state index is 12.0. The highest BCUT2D eigenvalue weighted by Crippen LogP contribution is 2.14. The predicted octanol–water partition coefficient (Wildman–Crippen LogP) is -0.195. The molecule has 8 heteroatoms. The van der Waals surface area contributed by atoms with Gasteiger partial charge in [-0.05, 0) is 13.0 Å². The number of ether oxygens (including phenoxy) is 1. The van der Waals surface area contributed by atoms with Crippen LogP contribution in [0.25, 0.3) is 0 Å². The van der Waals surface area contributed by atoms with Gasteiger partial charge in [0.05, 0.1) is 19.9 Å². The number of methoxy groups -OCH3 is 1. The first-order chi connectivity index (χ1) is 9.56. The molecule has 2 rings (SSSR count). The largest absolute Gasteiger partial charge is 0.468 e. The summed E-state index contributed by atoms with van der Waals surface area (Å²) in [6, 6.07) is 3.12. The number of carbonyl (C=O) groups excluding carboxylic acids is 1. The van der Waals surface area contributed by atoms with E-state index in [0.29, 0.717) is 11.3 Å². The minimum atomic E-state index is -0.572. The number of nitrogens with two attached hydrogens (primary N) is 1. The van der Waals surface area contributed by atoms with Crippen molar-refractivity contribution >= 4 is 5.91 Å². The number of hydrogen-bond acceptors (Lipinski definition) is 6. The molecule has 106 valence electrons. The van der Waals surface area contributed by atoms with E-state index < -0.39 is 5.91 Å². The van der Waals surface area contributed by atoms with Crippen LogP contribution in [-0.2, 0) is 6.54 Å². The van der Waals surface area contributed by atoms with Crippen molar-refractivity contribution in [3.8, 4) is 6.01 Å². The van der Waals surface area contributed by atoms with Gasteiger partial charge in [0.1, 0.15) is 0 Å². The van der Waals surface area contributed by atoms with Crippen molar-refractivity contribution in [2.24, 2.45) is 5.84 Å². The molecule has 0 aromatic carbocycles. The van der Waals surface area contributed by atoms with Crippen molar-refractivity contribution in [3.63, 3.8) is 0 Å². The molecule has 0 unspecified atom stereocenters. The number of rotatable bonds is 4. The molecule has 0 aliphatic carbocycles. The van der Waals surface area contributed by atoms with Gasteiger partial charge in [0.15, 0.2) is 5.76 Å². The van der Waals surface area contributed by atoms with Gasteiger partial charge in [0, 0.05) is 17.3 Å². The summed E-state index contributed by atoms with van der Waals surface area (Å²) in [6.45, 7) is 1.79. The minimum absolute atomic E-state index is 0.0435. The van der Waals surface area contributed by atoms with E-state index in [1.165, 1.54) is 24.0 Å². The van der Waals surface area contributed by atoms with E-state index in [4.69, 9.17) is 15.0 Å². The lowest BCUT2D eigenvalue weighted by atomic mass is 10.2. The summed E-state index contributed by atoms with van der Waals surface area (Å²) in [5, 5.41) is 0. The molecule has 2 aromatic rings. The van der Waals surface area contributed by atoms with Crippen LogP contribution >= 0.6 is 0 Å². The maximum absolute atomic E-state index is 12.0. The normalized spacial score (nSPS) is 10.3. The predicted molar refractivity (Wildman–Crippen MR) is 69.2 cm³/mol. The Morgan fingerprint density at radius 1 is 1.60 bits per heavy atom. The molecule has 2 heterocycles. The van der Waals surface area contributed by atoms with Crippen LogP contribution in [0.2, 0.25) is 0 Å². The van der Waals surface area contributed by atoms with E-state index in [0.717, 1.165) is 0 Å². The molecule has 0 aliphatic heterocycles. The van der Waals surface area contributed by atoms with Crippen LogP contribution in [0, 0.1) is 6.92 Å². The van der Waals surface area contributed by atoms with Crippen LogP contribution in [0.15, 0.2) is 27.6 Å².